The molecule has 0 bridgehead atoms. The molecule has 0 aliphatic heterocycles. The summed E-state index contributed by atoms with van der Waals surface area (Å²) in [6.45, 7) is 1.89. The topological polar surface area (TPSA) is 94.3 Å². The normalized spacial score (nSPS) is 11.3. The first-order chi connectivity index (χ1) is 12.1. The number of fused-ring (bicyclic) bond motifs is 2. The van der Waals surface area contributed by atoms with Gasteiger partial charge in [-0.1, -0.05) is 12.1 Å². The Kier molecular flexibility index (Phi) is 3.38. The average molecular weight is 337 g/mol. The number of nitrogens with zero attached hydrogens (tertiary/aromatic N) is 4. The second-order valence-electron chi connectivity index (χ2n) is 5.70. The molecule has 1 N–H and O–H groups in total. The van der Waals surface area contributed by atoms with E-state index < -0.39 is 0 Å². The molecular formula is C17H15N5O3. The summed E-state index contributed by atoms with van der Waals surface area (Å²) in [6, 6.07) is 7.28. The summed E-state index contributed by atoms with van der Waals surface area (Å²) in [5, 5.41) is 7.61. The second kappa shape index (κ2) is 5.59. The van der Waals surface area contributed by atoms with E-state index in [1.54, 1.807) is 21.5 Å². The van der Waals surface area contributed by atoms with Crippen LogP contribution in [0.3, 0.4) is 0 Å². The van der Waals surface area contributed by atoms with E-state index in [0.29, 0.717) is 11.2 Å². The Bertz CT molecular complexity index is 1170. The highest BCUT2D eigenvalue weighted by molar-refractivity contribution is 5.82. The molecule has 8 heteroatoms. The van der Waals surface area contributed by atoms with E-state index in [-0.39, 0.29) is 17.9 Å². The number of hydrogen-bond donors (Lipinski definition) is 1. The lowest BCUT2D eigenvalue weighted by atomic mass is 10.1. The Morgan fingerprint density at radius 2 is 2.12 bits per heavy atom. The number of aromatic amines is 1. The summed E-state index contributed by atoms with van der Waals surface area (Å²) in [6.07, 6.45) is 3.33. The van der Waals surface area contributed by atoms with Gasteiger partial charge in [-0.3, -0.25) is 14.7 Å². The van der Waals surface area contributed by atoms with Crippen molar-refractivity contribution in [3.8, 4) is 5.82 Å². The van der Waals surface area contributed by atoms with Crippen molar-refractivity contribution in [2.24, 2.45) is 0 Å². The predicted octanol–water partition coefficient (Wildman–Crippen LogP) is 1.39. The highest BCUT2D eigenvalue weighted by Crippen LogP contribution is 2.24. The lowest BCUT2D eigenvalue weighted by Crippen LogP contribution is -2.08. The number of methoxy groups -OCH3 is 1. The van der Waals surface area contributed by atoms with Gasteiger partial charge in [-0.05, 0) is 30.2 Å². The smallest absolute Gasteiger partial charge is 0.310 e. The molecule has 0 fully saturated rings. The van der Waals surface area contributed by atoms with Gasteiger partial charge in [0.15, 0.2) is 5.82 Å². The molecule has 0 unspecified atom stereocenters. The first-order valence-electron chi connectivity index (χ1n) is 7.69. The van der Waals surface area contributed by atoms with E-state index >= 15 is 0 Å². The SMILES string of the molecule is COC(=O)Cc1cn2ncnc(-n3[nH]c(=O)c4ccccc43)c2c1C. The van der Waals surface area contributed by atoms with Gasteiger partial charge >= 0.3 is 5.97 Å². The van der Waals surface area contributed by atoms with Crippen LogP contribution in [0.1, 0.15) is 11.1 Å². The molecule has 0 atom stereocenters. The number of benzene rings is 1. The number of rotatable bonds is 3. The van der Waals surface area contributed by atoms with Crippen LogP contribution in [0.2, 0.25) is 0 Å². The van der Waals surface area contributed by atoms with Crippen molar-refractivity contribution in [1.29, 1.82) is 0 Å². The van der Waals surface area contributed by atoms with Gasteiger partial charge in [-0.2, -0.15) is 5.10 Å². The quantitative estimate of drug-likeness (QED) is 0.570. The summed E-state index contributed by atoms with van der Waals surface area (Å²) in [4.78, 5) is 28.2. The maximum atomic E-state index is 12.2. The fraction of sp³-hybridized carbons (Fsp3) is 0.176. The lowest BCUT2D eigenvalue weighted by Gasteiger charge is -2.06. The Morgan fingerprint density at radius 1 is 1.32 bits per heavy atom. The molecule has 0 saturated heterocycles. The van der Waals surface area contributed by atoms with Crippen molar-refractivity contribution in [2.45, 2.75) is 13.3 Å². The van der Waals surface area contributed by atoms with Crippen LogP contribution < -0.4 is 5.56 Å². The van der Waals surface area contributed by atoms with Crippen molar-refractivity contribution in [3.63, 3.8) is 0 Å². The third kappa shape index (κ3) is 2.30. The number of aromatic nitrogens is 5. The first kappa shape index (κ1) is 15.1. The van der Waals surface area contributed by atoms with Gasteiger partial charge in [-0.25, -0.2) is 14.2 Å². The Morgan fingerprint density at radius 3 is 2.92 bits per heavy atom. The van der Waals surface area contributed by atoms with E-state index in [1.165, 1.54) is 13.4 Å². The zero-order chi connectivity index (χ0) is 17.6. The van der Waals surface area contributed by atoms with Crippen molar-refractivity contribution in [2.75, 3.05) is 7.11 Å². The number of ether oxygens (including phenoxy) is 1. The number of carbonyl (C=O) groups is 1. The van der Waals surface area contributed by atoms with Crippen molar-refractivity contribution in [3.05, 3.63) is 58.3 Å². The molecule has 126 valence electrons. The minimum atomic E-state index is -0.326. The van der Waals surface area contributed by atoms with Crippen LogP contribution in [0.5, 0.6) is 0 Å². The highest BCUT2D eigenvalue weighted by atomic mass is 16.5. The lowest BCUT2D eigenvalue weighted by molar-refractivity contribution is -0.139. The van der Waals surface area contributed by atoms with E-state index in [4.69, 9.17) is 4.74 Å². The standard InChI is InChI=1S/C17H15N5O3/c1-10-11(7-14(23)25-2)8-21-15(10)16(18-9-19-21)22-13-6-4-3-5-12(13)17(24)20-22/h3-6,8-9H,7H2,1-2H3,(H,20,24). The summed E-state index contributed by atoms with van der Waals surface area (Å²) >= 11 is 0. The fourth-order valence-corrected chi connectivity index (χ4v) is 3.01. The van der Waals surface area contributed by atoms with Gasteiger partial charge in [0.25, 0.3) is 5.56 Å². The third-order valence-corrected chi connectivity index (χ3v) is 4.29. The molecular weight excluding hydrogens is 322 g/mol. The third-order valence-electron chi connectivity index (χ3n) is 4.29. The van der Waals surface area contributed by atoms with Gasteiger partial charge in [0.05, 0.1) is 24.4 Å². The van der Waals surface area contributed by atoms with Crippen LogP contribution in [0.15, 0.2) is 41.6 Å². The summed E-state index contributed by atoms with van der Waals surface area (Å²) < 4.78 is 8.04. The molecule has 0 saturated carbocycles. The van der Waals surface area contributed by atoms with E-state index in [9.17, 15) is 9.59 Å². The number of esters is 1. The molecule has 25 heavy (non-hydrogen) atoms. The molecule has 0 spiro atoms. The van der Waals surface area contributed by atoms with Crippen molar-refractivity contribution >= 4 is 22.4 Å². The maximum absolute atomic E-state index is 12.2. The fourth-order valence-electron chi connectivity index (χ4n) is 3.01. The van der Waals surface area contributed by atoms with Crippen LogP contribution in [0.25, 0.3) is 22.2 Å². The van der Waals surface area contributed by atoms with Crippen LogP contribution in [0, 0.1) is 6.92 Å². The summed E-state index contributed by atoms with van der Waals surface area (Å²) in [7, 11) is 1.36. The summed E-state index contributed by atoms with van der Waals surface area (Å²) in [5.41, 5.74) is 2.92. The van der Waals surface area contributed by atoms with Gasteiger partial charge in [0.2, 0.25) is 0 Å². The predicted molar refractivity (Wildman–Crippen MR) is 90.9 cm³/mol. The van der Waals surface area contributed by atoms with E-state index in [0.717, 1.165) is 22.2 Å². The number of nitrogens with one attached hydrogen (secondary N) is 1. The number of carbonyl (C=O) groups excluding carboxylic acids is 1. The molecule has 0 aliphatic carbocycles. The Hall–Kier alpha value is -3.42. The van der Waals surface area contributed by atoms with Crippen LogP contribution >= 0.6 is 0 Å². The number of para-hydroxylation sites is 1. The summed E-state index contributed by atoms with van der Waals surface area (Å²) in [5.74, 6) is 0.218. The molecule has 4 aromatic rings. The molecule has 1 aromatic carbocycles. The molecule has 0 amide bonds. The van der Waals surface area contributed by atoms with Crippen LogP contribution in [-0.4, -0.2) is 37.5 Å². The van der Waals surface area contributed by atoms with Gasteiger partial charge < -0.3 is 4.74 Å². The largest absolute Gasteiger partial charge is 0.469 e. The molecule has 4 rings (SSSR count). The molecule has 3 aromatic heterocycles. The van der Waals surface area contributed by atoms with Crippen LogP contribution in [-0.2, 0) is 16.0 Å². The monoisotopic (exact) mass is 337 g/mol. The number of hydrogen-bond acceptors (Lipinski definition) is 5. The number of H-pyrrole nitrogens is 1. The highest BCUT2D eigenvalue weighted by Gasteiger charge is 2.18. The van der Waals surface area contributed by atoms with Crippen molar-refractivity contribution < 1.29 is 9.53 Å². The van der Waals surface area contributed by atoms with Gasteiger partial charge in [0, 0.05) is 6.20 Å². The van der Waals surface area contributed by atoms with E-state index in [1.807, 2.05) is 25.1 Å². The van der Waals surface area contributed by atoms with Crippen LogP contribution in [0.4, 0.5) is 0 Å². The Balaban J connectivity index is 1.99. The molecule has 3 heterocycles. The molecule has 0 radical (unpaired) electrons. The van der Waals surface area contributed by atoms with Crippen molar-refractivity contribution in [1.82, 2.24) is 24.4 Å². The zero-order valence-corrected chi connectivity index (χ0v) is 13.7. The number of aryl methyl sites for hydroxylation is 1. The molecule has 8 nitrogen and oxygen atoms in total. The Labute approximate surface area is 141 Å². The minimum absolute atomic E-state index is 0.147. The van der Waals surface area contributed by atoms with Gasteiger partial charge in [-0.15, -0.1) is 0 Å². The maximum Gasteiger partial charge on any atom is 0.310 e. The average Bonchev–Trinajstić information content (AvgIpc) is 3.13. The first-order valence-corrected chi connectivity index (χ1v) is 7.69. The zero-order valence-electron chi connectivity index (χ0n) is 13.7. The second-order valence-corrected chi connectivity index (χ2v) is 5.70. The minimum Gasteiger partial charge on any atom is -0.469 e. The van der Waals surface area contributed by atoms with E-state index in [2.05, 4.69) is 15.2 Å². The molecule has 0 aliphatic rings. The van der Waals surface area contributed by atoms with Gasteiger partial charge in [0.1, 0.15) is 11.8 Å².